The Kier molecular flexibility index (Phi) is 4.25. The number of benzene rings is 1. The SMILES string of the molecule is C[C@@]12CCC(=O)N1[C@@H](C(=O)Nc1cc(C(F)(F)F)cc3c1OCC(=O)N3)CS2. The summed E-state index contributed by atoms with van der Waals surface area (Å²) in [7, 11) is 0. The van der Waals surface area contributed by atoms with Crippen LogP contribution in [0.25, 0.3) is 0 Å². The van der Waals surface area contributed by atoms with Crippen LogP contribution in [-0.4, -0.2) is 45.9 Å². The minimum absolute atomic E-state index is 0.0397. The Hall–Kier alpha value is -2.43. The molecule has 4 rings (SSSR count). The number of nitrogens with one attached hydrogen (secondary N) is 2. The smallest absolute Gasteiger partial charge is 0.416 e. The molecule has 3 aliphatic rings. The van der Waals surface area contributed by atoms with Crippen LogP contribution in [-0.2, 0) is 20.6 Å². The average Bonchev–Trinajstić information content (AvgIpc) is 3.10. The summed E-state index contributed by atoms with van der Waals surface area (Å²) in [6.07, 6.45) is -3.72. The zero-order valence-corrected chi connectivity index (χ0v) is 15.5. The molecule has 3 heterocycles. The van der Waals surface area contributed by atoms with E-state index < -0.39 is 34.5 Å². The minimum Gasteiger partial charge on any atom is -0.479 e. The van der Waals surface area contributed by atoms with Gasteiger partial charge in [0.25, 0.3) is 5.91 Å². The molecule has 0 spiro atoms. The molecule has 28 heavy (non-hydrogen) atoms. The van der Waals surface area contributed by atoms with E-state index in [4.69, 9.17) is 4.74 Å². The Morgan fingerprint density at radius 2 is 2.14 bits per heavy atom. The standard InChI is InChI=1S/C17H16F3N3O4S/c1-16-3-2-13(25)23(16)11(7-28-16)15(26)22-10-5-8(17(18,19)20)4-9-14(10)27-6-12(24)21-9/h4-5,11H,2-3,6-7H2,1H3,(H,21,24)(H,22,26)/t11-,16-/m1/s1. The molecule has 1 aromatic carbocycles. The maximum Gasteiger partial charge on any atom is 0.416 e. The summed E-state index contributed by atoms with van der Waals surface area (Å²) in [6, 6.07) is 0.740. The number of ether oxygens (including phenoxy) is 1. The molecular weight excluding hydrogens is 399 g/mol. The number of alkyl halides is 3. The van der Waals surface area contributed by atoms with Gasteiger partial charge >= 0.3 is 6.18 Å². The highest BCUT2D eigenvalue weighted by Crippen LogP contribution is 2.48. The number of hydrogen-bond donors (Lipinski definition) is 2. The summed E-state index contributed by atoms with van der Waals surface area (Å²) >= 11 is 1.48. The number of anilines is 2. The van der Waals surface area contributed by atoms with Crippen LogP contribution in [0.15, 0.2) is 12.1 Å². The van der Waals surface area contributed by atoms with Crippen molar-refractivity contribution in [3.63, 3.8) is 0 Å². The Morgan fingerprint density at radius 3 is 2.86 bits per heavy atom. The fourth-order valence-electron chi connectivity index (χ4n) is 3.69. The van der Waals surface area contributed by atoms with Crippen molar-refractivity contribution in [1.82, 2.24) is 4.90 Å². The predicted molar refractivity (Wildman–Crippen MR) is 94.9 cm³/mol. The van der Waals surface area contributed by atoms with Gasteiger partial charge in [-0.1, -0.05) is 0 Å². The number of amides is 3. The predicted octanol–water partition coefficient (Wildman–Crippen LogP) is 2.43. The zero-order chi connectivity index (χ0) is 20.3. The third-order valence-corrected chi connectivity index (χ3v) is 6.55. The Bertz CT molecular complexity index is 891. The first-order valence-electron chi connectivity index (χ1n) is 8.53. The van der Waals surface area contributed by atoms with E-state index in [9.17, 15) is 27.6 Å². The summed E-state index contributed by atoms with van der Waals surface area (Å²) in [5.41, 5.74) is -1.39. The second-order valence-corrected chi connectivity index (χ2v) is 8.49. The van der Waals surface area contributed by atoms with Gasteiger partial charge in [-0.2, -0.15) is 13.2 Å². The van der Waals surface area contributed by atoms with Gasteiger partial charge < -0.3 is 20.3 Å². The fraction of sp³-hybridized carbons (Fsp3) is 0.471. The molecule has 1 aromatic rings. The van der Waals surface area contributed by atoms with Gasteiger partial charge in [0.15, 0.2) is 12.4 Å². The molecule has 0 aromatic heterocycles. The highest BCUT2D eigenvalue weighted by atomic mass is 32.2. The van der Waals surface area contributed by atoms with Crippen molar-refractivity contribution < 1.29 is 32.3 Å². The van der Waals surface area contributed by atoms with Crippen molar-refractivity contribution in [2.24, 2.45) is 0 Å². The largest absolute Gasteiger partial charge is 0.479 e. The topological polar surface area (TPSA) is 87.7 Å². The van der Waals surface area contributed by atoms with Crippen LogP contribution in [0, 0.1) is 0 Å². The molecule has 2 N–H and O–H groups in total. The van der Waals surface area contributed by atoms with E-state index in [1.165, 1.54) is 16.7 Å². The second-order valence-electron chi connectivity index (χ2n) is 6.99. The number of nitrogens with zero attached hydrogens (tertiary/aromatic N) is 1. The summed E-state index contributed by atoms with van der Waals surface area (Å²) in [6.45, 7) is 1.50. The van der Waals surface area contributed by atoms with Crippen molar-refractivity contribution in [3.8, 4) is 5.75 Å². The number of carbonyl (C=O) groups is 3. The van der Waals surface area contributed by atoms with E-state index in [1.54, 1.807) is 0 Å². The number of thioether (sulfide) groups is 1. The van der Waals surface area contributed by atoms with Crippen LogP contribution < -0.4 is 15.4 Å². The van der Waals surface area contributed by atoms with Gasteiger partial charge in [0.05, 0.1) is 21.8 Å². The lowest BCUT2D eigenvalue weighted by Gasteiger charge is -2.30. The third-order valence-electron chi connectivity index (χ3n) is 5.04. The first-order valence-corrected chi connectivity index (χ1v) is 9.52. The molecule has 0 radical (unpaired) electrons. The van der Waals surface area contributed by atoms with Crippen molar-refractivity contribution in [3.05, 3.63) is 17.7 Å². The van der Waals surface area contributed by atoms with Crippen molar-refractivity contribution in [1.29, 1.82) is 0 Å². The van der Waals surface area contributed by atoms with E-state index in [0.29, 0.717) is 18.6 Å². The number of carbonyl (C=O) groups excluding carboxylic acids is 3. The number of rotatable bonds is 2. The maximum absolute atomic E-state index is 13.2. The van der Waals surface area contributed by atoms with E-state index in [1.807, 2.05) is 6.92 Å². The van der Waals surface area contributed by atoms with Crippen LogP contribution in [0.3, 0.4) is 0 Å². The minimum atomic E-state index is -4.68. The molecule has 2 fully saturated rings. The normalized spacial score (nSPS) is 26.4. The molecule has 150 valence electrons. The maximum atomic E-state index is 13.2. The van der Waals surface area contributed by atoms with Crippen LogP contribution in [0.5, 0.6) is 5.75 Å². The molecule has 2 atom stereocenters. The van der Waals surface area contributed by atoms with Crippen molar-refractivity contribution >= 4 is 40.9 Å². The van der Waals surface area contributed by atoms with Gasteiger partial charge in [-0.15, -0.1) is 11.8 Å². The lowest BCUT2D eigenvalue weighted by molar-refractivity contribution is -0.137. The Morgan fingerprint density at radius 1 is 1.39 bits per heavy atom. The van der Waals surface area contributed by atoms with E-state index >= 15 is 0 Å². The lowest BCUT2D eigenvalue weighted by Crippen LogP contribution is -2.48. The van der Waals surface area contributed by atoms with E-state index in [2.05, 4.69) is 10.6 Å². The third kappa shape index (κ3) is 3.07. The number of halogens is 3. The lowest BCUT2D eigenvalue weighted by atomic mass is 10.1. The van der Waals surface area contributed by atoms with Crippen LogP contribution in [0.4, 0.5) is 24.5 Å². The molecule has 11 heteroatoms. The monoisotopic (exact) mass is 415 g/mol. The highest BCUT2D eigenvalue weighted by Gasteiger charge is 2.53. The van der Waals surface area contributed by atoms with Gasteiger partial charge in [-0.05, 0) is 25.5 Å². The highest BCUT2D eigenvalue weighted by molar-refractivity contribution is 8.01. The second kappa shape index (κ2) is 6.29. The fourth-order valence-corrected chi connectivity index (χ4v) is 5.12. The quantitative estimate of drug-likeness (QED) is 0.775. The molecule has 0 bridgehead atoms. The summed E-state index contributed by atoms with van der Waals surface area (Å²) in [4.78, 5) is 37.5. The van der Waals surface area contributed by atoms with Crippen molar-refractivity contribution in [2.45, 2.75) is 36.9 Å². The van der Waals surface area contributed by atoms with Crippen LogP contribution in [0.2, 0.25) is 0 Å². The molecule has 7 nitrogen and oxygen atoms in total. The summed E-state index contributed by atoms with van der Waals surface area (Å²) < 4.78 is 44.9. The first kappa shape index (κ1) is 18.9. The number of fused-ring (bicyclic) bond motifs is 2. The van der Waals surface area contributed by atoms with Gasteiger partial charge in [-0.25, -0.2) is 0 Å². The summed E-state index contributed by atoms with van der Waals surface area (Å²) in [5.74, 6) is -1.01. The van der Waals surface area contributed by atoms with Gasteiger partial charge in [0.1, 0.15) is 6.04 Å². The van der Waals surface area contributed by atoms with E-state index in [-0.39, 0.29) is 29.6 Å². The van der Waals surface area contributed by atoms with E-state index in [0.717, 1.165) is 12.1 Å². The molecule has 3 amide bonds. The van der Waals surface area contributed by atoms with Crippen LogP contribution in [0.1, 0.15) is 25.3 Å². The Balaban J connectivity index is 1.66. The number of hydrogen-bond acceptors (Lipinski definition) is 5. The average molecular weight is 415 g/mol. The summed E-state index contributed by atoms with van der Waals surface area (Å²) in [5, 5.41) is 4.79. The molecule has 3 aliphatic heterocycles. The zero-order valence-electron chi connectivity index (χ0n) is 14.7. The molecule has 0 aliphatic carbocycles. The molecule has 0 saturated carbocycles. The van der Waals surface area contributed by atoms with Crippen LogP contribution >= 0.6 is 11.8 Å². The van der Waals surface area contributed by atoms with Gasteiger partial charge in [0.2, 0.25) is 11.8 Å². The van der Waals surface area contributed by atoms with Gasteiger partial charge in [0, 0.05) is 12.2 Å². The molecule has 0 unspecified atom stereocenters. The first-order chi connectivity index (χ1) is 13.1. The van der Waals surface area contributed by atoms with Crippen molar-refractivity contribution in [2.75, 3.05) is 23.0 Å². The molecule has 2 saturated heterocycles. The van der Waals surface area contributed by atoms with Gasteiger partial charge in [-0.3, -0.25) is 14.4 Å². The molecular formula is C17H16F3N3O4S. The Labute approximate surface area is 162 Å².